The van der Waals surface area contributed by atoms with Crippen LogP contribution in [0.2, 0.25) is 0 Å². The van der Waals surface area contributed by atoms with Crippen LogP contribution < -0.4 is 10.1 Å². The second-order valence-corrected chi connectivity index (χ2v) is 9.66. The Morgan fingerprint density at radius 3 is 2.60 bits per heavy atom. The second kappa shape index (κ2) is 11.6. The lowest BCUT2D eigenvalue weighted by Crippen LogP contribution is -2.44. The Hall–Kier alpha value is -4.06. The summed E-state index contributed by atoms with van der Waals surface area (Å²) in [6, 6.07) is 15.7. The van der Waals surface area contributed by atoms with Gasteiger partial charge in [-0.3, -0.25) is 9.69 Å². The van der Waals surface area contributed by atoms with Crippen LogP contribution in [0, 0.1) is 0 Å². The molecule has 1 aliphatic rings. The van der Waals surface area contributed by atoms with E-state index < -0.39 is 17.6 Å². The second-order valence-electron chi connectivity index (χ2n) is 9.66. The summed E-state index contributed by atoms with van der Waals surface area (Å²) in [4.78, 5) is 25.4. The Labute approximate surface area is 229 Å². The number of aromatic nitrogens is 2. The number of anilines is 1. The Kier molecular flexibility index (Phi) is 7.97. The smallest absolute Gasteiger partial charge is 0.416 e. The van der Waals surface area contributed by atoms with E-state index in [0.29, 0.717) is 35.2 Å². The molecule has 0 bridgehead atoms. The lowest BCUT2D eigenvalue weighted by atomic mass is 10.0. The Morgan fingerprint density at radius 2 is 1.85 bits per heavy atom. The minimum Gasteiger partial charge on any atom is -0.439 e. The van der Waals surface area contributed by atoms with Crippen LogP contribution in [0.5, 0.6) is 11.6 Å². The Morgan fingerprint density at radius 1 is 1.05 bits per heavy atom. The molecule has 0 unspecified atom stereocenters. The summed E-state index contributed by atoms with van der Waals surface area (Å²) < 4.78 is 47.7. The molecular formula is C29H28F3N5O3. The number of nitrogens with one attached hydrogen (secondary N) is 1. The summed E-state index contributed by atoms with van der Waals surface area (Å²) in [5.74, 6) is 0.406. The number of aliphatic hydroxyl groups is 1. The normalized spacial score (nSPS) is 14.8. The number of aliphatic hydroxyl groups excluding tert-OH is 1. The van der Waals surface area contributed by atoms with Gasteiger partial charge in [0.05, 0.1) is 5.56 Å². The molecule has 1 saturated heterocycles. The fourth-order valence-electron chi connectivity index (χ4n) is 4.66. The molecule has 11 heteroatoms. The molecule has 5 rings (SSSR count). The number of nitrogens with zero attached hydrogens (tertiary/aromatic N) is 4. The van der Waals surface area contributed by atoms with Crippen LogP contribution in [-0.4, -0.2) is 64.0 Å². The number of carbonyl (C=O) groups excluding carboxylic acids is 1. The largest absolute Gasteiger partial charge is 0.439 e. The number of hydrogen-bond acceptors (Lipinski definition) is 7. The van der Waals surface area contributed by atoms with Gasteiger partial charge in [0, 0.05) is 56.2 Å². The van der Waals surface area contributed by atoms with Crippen molar-refractivity contribution in [2.45, 2.75) is 19.3 Å². The molecule has 1 amide bonds. The molecule has 2 N–H and O–H groups in total. The highest BCUT2D eigenvalue weighted by molar-refractivity contribution is 6.13. The van der Waals surface area contributed by atoms with Gasteiger partial charge in [0.25, 0.3) is 5.91 Å². The number of carbonyl (C=O) groups is 1. The summed E-state index contributed by atoms with van der Waals surface area (Å²) >= 11 is 0. The highest BCUT2D eigenvalue weighted by Gasteiger charge is 2.34. The van der Waals surface area contributed by atoms with Gasteiger partial charge < -0.3 is 20.1 Å². The van der Waals surface area contributed by atoms with Gasteiger partial charge in [0.1, 0.15) is 12.4 Å². The van der Waals surface area contributed by atoms with Gasteiger partial charge in [-0.05, 0) is 59.8 Å². The highest BCUT2D eigenvalue weighted by Crippen LogP contribution is 2.35. The van der Waals surface area contributed by atoms with E-state index in [4.69, 9.17) is 4.74 Å². The number of rotatable bonds is 7. The highest BCUT2D eigenvalue weighted by atomic mass is 19.4. The molecule has 208 valence electrons. The van der Waals surface area contributed by atoms with Crippen molar-refractivity contribution >= 4 is 22.4 Å². The van der Waals surface area contributed by atoms with Crippen molar-refractivity contribution in [3.05, 3.63) is 89.4 Å². The van der Waals surface area contributed by atoms with Crippen LogP contribution >= 0.6 is 0 Å². The zero-order chi connectivity index (χ0) is 28.3. The van der Waals surface area contributed by atoms with Gasteiger partial charge in [-0.15, -0.1) is 0 Å². The average Bonchev–Trinajstić information content (AvgIpc) is 2.94. The summed E-state index contributed by atoms with van der Waals surface area (Å²) in [6.45, 7) is 2.88. The third-order valence-electron chi connectivity index (χ3n) is 6.80. The average molecular weight is 552 g/mol. The van der Waals surface area contributed by atoms with Crippen molar-refractivity contribution in [1.29, 1.82) is 0 Å². The summed E-state index contributed by atoms with van der Waals surface area (Å²) in [5, 5.41) is 13.2. The van der Waals surface area contributed by atoms with Crippen LogP contribution in [0.15, 0.2) is 66.9 Å². The lowest BCUT2D eigenvalue weighted by Gasteiger charge is -2.33. The number of hydrogen-bond donors (Lipinski definition) is 2. The monoisotopic (exact) mass is 551 g/mol. The van der Waals surface area contributed by atoms with Crippen molar-refractivity contribution in [1.82, 2.24) is 19.8 Å². The molecule has 4 aromatic rings. The lowest BCUT2D eigenvalue weighted by molar-refractivity contribution is -0.138. The third kappa shape index (κ3) is 6.39. The van der Waals surface area contributed by atoms with Crippen LogP contribution in [0.25, 0.3) is 10.8 Å². The SMILES string of the molecule is CN1CCN(Cc2ccc(NC(=O)c3cccc4cc(Oc5ccnc(CO)n5)ccc34)cc2C(F)(F)F)CC1. The van der Waals surface area contributed by atoms with E-state index in [1.54, 1.807) is 42.5 Å². The van der Waals surface area contributed by atoms with Gasteiger partial charge in [0.2, 0.25) is 5.88 Å². The van der Waals surface area contributed by atoms with Gasteiger partial charge in [-0.1, -0.05) is 18.2 Å². The molecule has 0 spiro atoms. The minimum absolute atomic E-state index is 0.0693. The molecule has 1 aromatic heterocycles. The fraction of sp³-hybridized carbons (Fsp3) is 0.276. The molecule has 1 fully saturated rings. The van der Waals surface area contributed by atoms with Crippen molar-refractivity contribution in [2.75, 3.05) is 38.5 Å². The predicted octanol–water partition coefficient (Wildman–Crippen LogP) is 4.93. The quantitative estimate of drug-likeness (QED) is 0.337. The van der Waals surface area contributed by atoms with Crippen molar-refractivity contribution in [2.24, 2.45) is 0 Å². The first kappa shape index (κ1) is 27.5. The number of piperazine rings is 1. The maximum Gasteiger partial charge on any atom is 0.416 e. The number of ether oxygens (including phenoxy) is 1. The van der Waals surface area contributed by atoms with E-state index in [0.717, 1.165) is 19.2 Å². The number of amides is 1. The molecule has 2 heterocycles. The van der Waals surface area contributed by atoms with E-state index in [9.17, 15) is 23.1 Å². The molecular weight excluding hydrogens is 523 g/mol. The Bertz CT molecular complexity index is 1520. The summed E-state index contributed by atoms with van der Waals surface area (Å²) in [7, 11) is 1.99. The number of alkyl halides is 3. The van der Waals surface area contributed by atoms with E-state index >= 15 is 0 Å². The molecule has 0 atom stereocenters. The van der Waals surface area contributed by atoms with Crippen LogP contribution in [0.1, 0.15) is 27.3 Å². The van der Waals surface area contributed by atoms with E-state index in [2.05, 4.69) is 20.2 Å². The first-order valence-corrected chi connectivity index (χ1v) is 12.8. The third-order valence-corrected chi connectivity index (χ3v) is 6.80. The zero-order valence-electron chi connectivity index (χ0n) is 21.8. The molecule has 0 aliphatic carbocycles. The van der Waals surface area contributed by atoms with Gasteiger partial charge in [-0.25, -0.2) is 4.98 Å². The van der Waals surface area contributed by atoms with Crippen molar-refractivity contribution in [3.63, 3.8) is 0 Å². The maximum atomic E-state index is 14.0. The predicted molar refractivity (Wildman–Crippen MR) is 144 cm³/mol. The zero-order valence-corrected chi connectivity index (χ0v) is 21.8. The first-order valence-electron chi connectivity index (χ1n) is 12.8. The molecule has 0 saturated carbocycles. The number of benzene rings is 3. The number of halogens is 3. The van der Waals surface area contributed by atoms with Gasteiger partial charge >= 0.3 is 6.18 Å². The van der Waals surface area contributed by atoms with E-state index in [1.807, 2.05) is 11.9 Å². The van der Waals surface area contributed by atoms with Crippen LogP contribution in [-0.2, 0) is 19.3 Å². The first-order chi connectivity index (χ1) is 19.2. The maximum absolute atomic E-state index is 14.0. The minimum atomic E-state index is -4.56. The van der Waals surface area contributed by atoms with Crippen molar-refractivity contribution < 1.29 is 27.8 Å². The summed E-state index contributed by atoms with van der Waals surface area (Å²) in [5.41, 5.74) is -0.191. The molecule has 40 heavy (non-hydrogen) atoms. The fourth-order valence-corrected chi connectivity index (χ4v) is 4.66. The Balaban J connectivity index is 1.35. The van der Waals surface area contributed by atoms with Crippen molar-refractivity contribution in [3.8, 4) is 11.6 Å². The summed E-state index contributed by atoms with van der Waals surface area (Å²) in [6.07, 6.45) is -3.08. The van der Waals surface area contributed by atoms with Crippen LogP contribution in [0.4, 0.5) is 18.9 Å². The molecule has 3 aromatic carbocycles. The molecule has 1 aliphatic heterocycles. The van der Waals surface area contributed by atoms with Gasteiger partial charge in [0.15, 0.2) is 5.82 Å². The molecule has 0 radical (unpaired) electrons. The van der Waals surface area contributed by atoms with Gasteiger partial charge in [-0.2, -0.15) is 18.2 Å². The number of fused-ring (bicyclic) bond motifs is 1. The number of likely N-dealkylation sites (N-methyl/N-ethyl adjacent to an activating group) is 1. The van der Waals surface area contributed by atoms with Crippen LogP contribution in [0.3, 0.4) is 0 Å². The topological polar surface area (TPSA) is 90.8 Å². The van der Waals surface area contributed by atoms with E-state index in [1.165, 1.54) is 18.3 Å². The van der Waals surface area contributed by atoms with E-state index in [-0.39, 0.29) is 36.1 Å². The standard InChI is InChI=1S/C29H28F3N5O3/c1-36-11-13-37(14-12-36)17-20-5-6-21(16-25(20)29(30,31)32)34-28(39)24-4-2-3-19-15-22(7-8-23(19)24)40-27-9-10-33-26(18-38)35-27/h2-10,15-16,38H,11-14,17-18H2,1H3,(H,34,39). The molecule has 8 nitrogen and oxygen atoms in total.